The molecule has 2 amide bonds. The molecule has 1 aliphatic rings. The predicted octanol–water partition coefficient (Wildman–Crippen LogP) is 2.54. The lowest BCUT2D eigenvalue weighted by molar-refractivity contribution is -0.0498. The standard InChI is InChI=1S/C13H16F2N2O3/c1-9-8-17(5-6-19-9)13(18)16-10-3-2-4-11(7-10)20-12(14)15/h2-4,7,9,12H,5-6,8H2,1H3,(H,16,18)/t9-/m0/s1. The van der Waals surface area contributed by atoms with Crippen molar-refractivity contribution in [2.75, 3.05) is 25.0 Å². The summed E-state index contributed by atoms with van der Waals surface area (Å²) >= 11 is 0. The number of morpholine rings is 1. The van der Waals surface area contributed by atoms with E-state index in [9.17, 15) is 13.6 Å². The van der Waals surface area contributed by atoms with Gasteiger partial charge in [0.1, 0.15) is 5.75 Å². The fourth-order valence-electron chi connectivity index (χ4n) is 1.96. The molecule has 1 fully saturated rings. The summed E-state index contributed by atoms with van der Waals surface area (Å²) in [6.07, 6.45) is -0.0111. The Kier molecular flexibility index (Phi) is 4.73. The molecule has 1 heterocycles. The highest BCUT2D eigenvalue weighted by Crippen LogP contribution is 2.20. The van der Waals surface area contributed by atoms with Crippen LogP contribution in [0.5, 0.6) is 5.75 Å². The van der Waals surface area contributed by atoms with Crippen LogP contribution in [0.2, 0.25) is 0 Å². The van der Waals surface area contributed by atoms with Crippen molar-refractivity contribution >= 4 is 11.7 Å². The van der Waals surface area contributed by atoms with Crippen LogP contribution < -0.4 is 10.1 Å². The number of anilines is 1. The van der Waals surface area contributed by atoms with Crippen LogP contribution in [0.3, 0.4) is 0 Å². The quantitative estimate of drug-likeness (QED) is 0.929. The fourth-order valence-corrected chi connectivity index (χ4v) is 1.96. The summed E-state index contributed by atoms with van der Waals surface area (Å²) in [5.74, 6) is 0.00754. The molecule has 0 spiro atoms. The Labute approximate surface area is 115 Å². The highest BCUT2D eigenvalue weighted by Gasteiger charge is 2.21. The first-order chi connectivity index (χ1) is 9.54. The number of halogens is 2. The minimum Gasteiger partial charge on any atom is -0.435 e. The van der Waals surface area contributed by atoms with Crippen LogP contribution in [0.4, 0.5) is 19.3 Å². The molecule has 1 N–H and O–H groups in total. The number of nitrogens with zero attached hydrogens (tertiary/aromatic N) is 1. The fraction of sp³-hybridized carbons (Fsp3) is 0.462. The van der Waals surface area contributed by atoms with Crippen LogP contribution in [0.1, 0.15) is 6.92 Å². The van der Waals surface area contributed by atoms with Gasteiger partial charge in [-0.15, -0.1) is 0 Å². The zero-order chi connectivity index (χ0) is 14.5. The predicted molar refractivity (Wildman–Crippen MR) is 69.1 cm³/mol. The van der Waals surface area contributed by atoms with E-state index < -0.39 is 6.61 Å². The number of carbonyl (C=O) groups is 1. The third-order valence-electron chi connectivity index (χ3n) is 2.84. The lowest BCUT2D eigenvalue weighted by Gasteiger charge is -2.31. The van der Waals surface area contributed by atoms with Crippen molar-refractivity contribution in [3.8, 4) is 5.75 Å². The van der Waals surface area contributed by atoms with Gasteiger partial charge in [0.25, 0.3) is 0 Å². The van der Waals surface area contributed by atoms with Crippen LogP contribution in [0.15, 0.2) is 24.3 Å². The second kappa shape index (κ2) is 6.51. The van der Waals surface area contributed by atoms with E-state index in [1.165, 1.54) is 18.2 Å². The van der Waals surface area contributed by atoms with Gasteiger partial charge in [-0.3, -0.25) is 0 Å². The molecule has 0 unspecified atom stereocenters. The van der Waals surface area contributed by atoms with Gasteiger partial charge < -0.3 is 19.7 Å². The lowest BCUT2D eigenvalue weighted by Crippen LogP contribution is -2.46. The number of nitrogens with one attached hydrogen (secondary N) is 1. The summed E-state index contributed by atoms with van der Waals surface area (Å²) in [7, 11) is 0. The smallest absolute Gasteiger partial charge is 0.387 e. The Morgan fingerprint density at radius 1 is 1.55 bits per heavy atom. The average Bonchev–Trinajstić information content (AvgIpc) is 2.38. The molecule has 0 saturated carbocycles. The number of benzene rings is 1. The minimum absolute atomic E-state index is 0.00754. The van der Waals surface area contributed by atoms with Crippen molar-refractivity contribution in [2.45, 2.75) is 19.6 Å². The zero-order valence-corrected chi connectivity index (χ0v) is 11.0. The summed E-state index contributed by atoms with van der Waals surface area (Å²) in [5, 5.41) is 2.65. The van der Waals surface area contributed by atoms with Crippen molar-refractivity contribution in [3.63, 3.8) is 0 Å². The van der Waals surface area contributed by atoms with Crippen LogP contribution in [-0.2, 0) is 4.74 Å². The van der Waals surface area contributed by atoms with Gasteiger partial charge in [0.05, 0.1) is 12.7 Å². The third-order valence-corrected chi connectivity index (χ3v) is 2.84. The number of ether oxygens (including phenoxy) is 2. The third kappa shape index (κ3) is 4.06. The maximum Gasteiger partial charge on any atom is 0.387 e. The van der Waals surface area contributed by atoms with E-state index in [0.29, 0.717) is 25.4 Å². The molecule has 1 aromatic carbocycles. The molecule has 1 atom stereocenters. The first kappa shape index (κ1) is 14.5. The normalized spacial score (nSPS) is 19.0. The number of rotatable bonds is 3. The number of hydrogen-bond acceptors (Lipinski definition) is 3. The van der Waals surface area contributed by atoms with E-state index in [4.69, 9.17) is 4.74 Å². The first-order valence-electron chi connectivity index (χ1n) is 6.27. The summed E-state index contributed by atoms with van der Waals surface area (Å²) in [5.41, 5.74) is 0.410. The molecule has 1 aromatic rings. The maximum atomic E-state index is 12.1. The second-order valence-corrected chi connectivity index (χ2v) is 4.46. The highest BCUT2D eigenvalue weighted by molar-refractivity contribution is 5.89. The molecule has 2 rings (SSSR count). The molecule has 110 valence electrons. The maximum absolute atomic E-state index is 12.1. The van der Waals surface area contributed by atoms with Gasteiger partial charge >= 0.3 is 12.6 Å². The van der Waals surface area contributed by atoms with Crippen LogP contribution in [-0.4, -0.2) is 43.3 Å². The lowest BCUT2D eigenvalue weighted by atomic mass is 10.3. The molecule has 5 nitrogen and oxygen atoms in total. The molecule has 0 aromatic heterocycles. The van der Waals surface area contributed by atoms with Gasteiger partial charge in [-0.05, 0) is 19.1 Å². The molecule has 0 aliphatic carbocycles. The molecule has 20 heavy (non-hydrogen) atoms. The molecule has 1 aliphatic heterocycles. The number of alkyl halides is 2. The van der Waals surface area contributed by atoms with E-state index in [-0.39, 0.29) is 17.9 Å². The topological polar surface area (TPSA) is 50.8 Å². The van der Waals surface area contributed by atoms with E-state index in [1.807, 2.05) is 6.92 Å². The van der Waals surface area contributed by atoms with Crippen molar-refractivity contribution in [1.29, 1.82) is 0 Å². The Morgan fingerprint density at radius 3 is 3.05 bits per heavy atom. The van der Waals surface area contributed by atoms with Gasteiger partial charge in [0, 0.05) is 24.8 Å². The highest BCUT2D eigenvalue weighted by atomic mass is 19.3. The Hall–Kier alpha value is -1.89. The molecule has 0 bridgehead atoms. The largest absolute Gasteiger partial charge is 0.435 e. The number of urea groups is 1. The monoisotopic (exact) mass is 286 g/mol. The van der Waals surface area contributed by atoms with Crippen LogP contribution in [0, 0.1) is 0 Å². The average molecular weight is 286 g/mol. The summed E-state index contributed by atoms with van der Waals surface area (Å²) in [4.78, 5) is 13.6. The first-order valence-corrected chi connectivity index (χ1v) is 6.27. The molecular weight excluding hydrogens is 270 g/mol. The molecular formula is C13H16F2N2O3. The van der Waals surface area contributed by atoms with Gasteiger partial charge in [0.15, 0.2) is 0 Å². The van der Waals surface area contributed by atoms with Gasteiger partial charge in [-0.2, -0.15) is 8.78 Å². The number of carbonyl (C=O) groups excluding carboxylic acids is 1. The van der Waals surface area contributed by atoms with Crippen LogP contribution in [0.25, 0.3) is 0 Å². The summed E-state index contributed by atoms with van der Waals surface area (Å²) in [6, 6.07) is 5.62. The van der Waals surface area contributed by atoms with Crippen molar-refractivity contribution < 1.29 is 23.0 Å². The minimum atomic E-state index is -2.89. The molecule has 0 radical (unpaired) electrons. The Morgan fingerprint density at radius 2 is 2.35 bits per heavy atom. The van der Waals surface area contributed by atoms with Crippen LogP contribution >= 0.6 is 0 Å². The van der Waals surface area contributed by atoms with E-state index in [0.717, 1.165) is 0 Å². The number of amides is 2. The SMILES string of the molecule is C[C@H]1CN(C(=O)Nc2cccc(OC(F)F)c2)CCO1. The zero-order valence-electron chi connectivity index (χ0n) is 11.0. The van der Waals surface area contributed by atoms with E-state index in [1.54, 1.807) is 11.0 Å². The van der Waals surface area contributed by atoms with Crippen molar-refractivity contribution in [3.05, 3.63) is 24.3 Å². The summed E-state index contributed by atoms with van der Waals surface area (Å²) in [6.45, 7) is 0.489. The number of hydrogen-bond donors (Lipinski definition) is 1. The van der Waals surface area contributed by atoms with E-state index >= 15 is 0 Å². The molecule has 1 saturated heterocycles. The van der Waals surface area contributed by atoms with Gasteiger partial charge in [0.2, 0.25) is 0 Å². The van der Waals surface area contributed by atoms with Gasteiger partial charge in [-0.25, -0.2) is 4.79 Å². The second-order valence-electron chi connectivity index (χ2n) is 4.46. The Balaban J connectivity index is 1.96. The molecule has 7 heteroatoms. The Bertz CT molecular complexity index is 471. The van der Waals surface area contributed by atoms with Crippen molar-refractivity contribution in [2.24, 2.45) is 0 Å². The van der Waals surface area contributed by atoms with Gasteiger partial charge in [-0.1, -0.05) is 6.07 Å². The van der Waals surface area contributed by atoms with Crippen molar-refractivity contribution in [1.82, 2.24) is 4.90 Å². The van der Waals surface area contributed by atoms with E-state index in [2.05, 4.69) is 10.1 Å². The summed E-state index contributed by atoms with van der Waals surface area (Å²) < 4.78 is 33.9.